The summed E-state index contributed by atoms with van der Waals surface area (Å²) in [6.07, 6.45) is -0.193. The molecular formula is C16H12BrClFNO3. The molecule has 0 bridgehead atoms. The lowest BCUT2D eigenvalue weighted by Gasteiger charge is -2.09. The first-order valence-electron chi connectivity index (χ1n) is 6.53. The molecule has 120 valence electrons. The zero-order chi connectivity index (χ0) is 17.0. The lowest BCUT2D eigenvalue weighted by atomic mass is 10.1. The highest BCUT2D eigenvalue weighted by Gasteiger charge is 2.14. The second-order valence-electron chi connectivity index (χ2n) is 4.61. The van der Waals surface area contributed by atoms with Gasteiger partial charge in [0.2, 0.25) is 5.91 Å². The first kappa shape index (κ1) is 17.4. The van der Waals surface area contributed by atoms with Gasteiger partial charge in [-0.3, -0.25) is 4.79 Å². The van der Waals surface area contributed by atoms with Gasteiger partial charge >= 0.3 is 5.97 Å². The summed E-state index contributed by atoms with van der Waals surface area (Å²) >= 11 is 9.13. The lowest BCUT2D eigenvalue weighted by Crippen LogP contribution is -2.16. The van der Waals surface area contributed by atoms with Crippen LogP contribution < -0.4 is 5.32 Å². The van der Waals surface area contributed by atoms with Crippen LogP contribution >= 0.6 is 27.5 Å². The number of anilines is 1. The molecule has 0 aliphatic rings. The van der Waals surface area contributed by atoms with Crippen molar-refractivity contribution in [3.8, 4) is 0 Å². The smallest absolute Gasteiger partial charge is 0.339 e. The second-order valence-corrected chi connectivity index (χ2v) is 5.87. The predicted octanol–water partition coefficient (Wildman–Crippen LogP) is 4.21. The molecule has 0 radical (unpaired) electrons. The molecule has 0 saturated carbocycles. The number of carbonyl (C=O) groups is 2. The van der Waals surface area contributed by atoms with Crippen molar-refractivity contribution in [2.24, 2.45) is 0 Å². The van der Waals surface area contributed by atoms with Crippen LogP contribution in [-0.4, -0.2) is 19.0 Å². The topological polar surface area (TPSA) is 55.4 Å². The third-order valence-electron chi connectivity index (χ3n) is 3.06. The molecule has 1 amide bonds. The molecular weight excluding hydrogens is 389 g/mol. The number of esters is 1. The molecule has 7 heteroatoms. The fraction of sp³-hybridized carbons (Fsp3) is 0.125. The van der Waals surface area contributed by atoms with E-state index in [1.807, 2.05) is 0 Å². The summed E-state index contributed by atoms with van der Waals surface area (Å²) in [5.74, 6) is -1.45. The van der Waals surface area contributed by atoms with E-state index in [9.17, 15) is 14.0 Å². The van der Waals surface area contributed by atoms with Crippen molar-refractivity contribution < 1.29 is 18.7 Å². The molecule has 0 aliphatic carbocycles. The molecule has 0 atom stereocenters. The summed E-state index contributed by atoms with van der Waals surface area (Å²) in [4.78, 5) is 23.5. The van der Waals surface area contributed by atoms with Gasteiger partial charge in [0.15, 0.2) is 0 Å². The highest BCUT2D eigenvalue weighted by atomic mass is 79.9. The second kappa shape index (κ2) is 7.57. The number of halogens is 3. The van der Waals surface area contributed by atoms with Crippen LogP contribution in [0.25, 0.3) is 0 Å². The molecule has 0 aromatic heterocycles. The number of benzene rings is 2. The molecule has 2 rings (SSSR count). The normalized spacial score (nSPS) is 10.3. The SMILES string of the molecule is COC(=O)c1ccc(NC(=O)Cc2c(F)cccc2Cl)cc1Br. The number of hydrogen-bond donors (Lipinski definition) is 1. The molecule has 0 fully saturated rings. The van der Waals surface area contributed by atoms with Crippen LogP contribution in [0.5, 0.6) is 0 Å². The van der Waals surface area contributed by atoms with E-state index in [1.165, 1.54) is 31.4 Å². The molecule has 0 heterocycles. The fourth-order valence-electron chi connectivity index (χ4n) is 1.94. The van der Waals surface area contributed by atoms with Gasteiger partial charge in [-0.15, -0.1) is 0 Å². The van der Waals surface area contributed by atoms with Gasteiger partial charge in [-0.25, -0.2) is 9.18 Å². The summed E-state index contributed by atoms with van der Waals surface area (Å²) in [6, 6.07) is 8.87. The molecule has 1 N–H and O–H groups in total. The summed E-state index contributed by atoms with van der Waals surface area (Å²) in [6.45, 7) is 0. The van der Waals surface area contributed by atoms with Crippen molar-refractivity contribution in [1.82, 2.24) is 0 Å². The standard InChI is InChI=1S/C16H12BrClFNO3/c1-23-16(22)10-6-5-9(7-12(10)17)20-15(21)8-11-13(18)3-2-4-14(11)19/h2-7H,8H2,1H3,(H,20,21). The number of nitrogens with one attached hydrogen (secondary N) is 1. The van der Waals surface area contributed by atoms with Gasteiger partial charge in [-0.05, 0) is 46.3 Å². The van der Waals surface area contributed by atoms with Gasteiger partial charge in [-0.1, -0.05) is 17.7 Å². The first-order valence-corrected chi connectivity index (χ1v) is 7.70. The average molecular weight is 401 g/mol. The van der Waals surface area contributed by atoms with Gasteiger partial charge in [0.1, 0.15) is 5.82 Å². The van der Waals surface area contributed by atoms with Gasteiger partial charge in [0.05, 0.1) is 19.1 Å². The molecule has 0 unspecified atom stereocenters. The third-order valence-corrected chi connectivity index (χ3v) is 4.07. The number of hydrogen-bond acceptors (Lipinski definition) is 3. The number of amides is 1. The fourth-order valence-corrected chi connectivity index (χ4v) is 2.71. The van der Waals surface area contributed by atoms with Crippen molar-refractivity contribution in [2.45, 2.75) is 6.42 Å². The largest absolute Gasteiger partial charge is 0.465 e. The van der Waals surface area contributed by atoms with Crippen molar-refractivity contribution in [1.29, 1.82) is 0 Å². The van der Waals surface area contributed by atoms with Crippen LogP contribution in [0.15, 0.2) is 40.9 Å². The summed E-state index contributed by atoms with van der Waals surface area (Å²) in [5.41, 5.74) is 0.932. The van der Waals surface area contributed by atoms with Crippen molar-refractivity contribution in [3.63, 3.8) is 0 Å². The first-order chi connectivity index (χ1) is 10.9. The molecule has 23 heavy (non-hydrogen) atoms. The van der Waals surface area contributed by atoms with E-state index in [1.54, 1.807) is 12.1 Å². The van der Waals surface area contributed by atoms with Crippen LogP contribution in [0, 0.1) is 5.82 Å². The molecule has 2 aromatic carbocycles. The Kier molecular flexibility index (Phi) is 5.74. The average Bonchev–Trinajstić information content (AvgIpc) is 2.50. The maximum absolute atomic E-state index is 13.7. The number of carbonyl (C=O) groups excluding carboxylic acids is 2. The monoisotopic (exact) mass is 399 g/mol. The Labute approximate surface area is 145 Å². The van der Waals surface area contributed by atoms with Gasteiger partial charge in [0, 0.05) is 20.7 Å². The lowest BCUT2D eigenvalue weighted by molar-refractivity contribution is -0.115. The number of ether oxygens (including phenoxy) is 1. The van der Waals surface area contributed by atoms with Gasteiger partial charge in [-0.2, -0.15) is 0 Å². The zero-order valence-electron chi connectivity index (χ0n) is 12.0. The Morgan fingerprint density at radius 2 is 2.04 bits per heavy atom. The maximum atomic E-state index is 13.7. The van der Waals surface area contributed by atoms with E-state index in [-0.39, 0.29) is 17.0 Å². The van der Waals surface area contributed by atoms with Crippen molar-refractivity contribution >= 4 is 45.1 Å². The summed E-state index contributed by atoms with van der Waals surface area (Å²) < 4.78 is 18.8. The molecule has 0 aliphatic heterocycles. The van der Waals surface area contributed by atoms with Crippen molar-refractivity contribution in [3.05, 3.63) is 62.8 Å². The Bertz CT molecular complexity index is 747. The molecule has 4 nitrogen and oxygen atoms in total. The zero-order valence-corrected chi connectivity index (χ0v) is 14.4. The minimum absolute atomic E-state index is 0.136. The maximum Gasteiger partial charge on any atom is 0.339 e. The number of methoxy groups -OCH3 is 1. The van der Waals surface area contributed by atoms with E-state index >= 15 is 0 Å². The minimum atomic E-state index is -0.533. The molecule has 2 aromatic rings. The Hall–Kier alpha value is -1.92. The summed E-state index contributed by atoms with van der Waals surface area (Å²) in [7, 11) is 1.28. The van der Waals surface area contributed by atoms with E-state index in [0.717, 1.165) is 0 Å². The number of rotatable bonds is 4. The van der Waals surface area contributed by atoms with Crippen LogP contribution in [0.2, 0.25) is 5.02 Å². The van der Waals surface area contributed by atoms with E-state index in [4.69, 9.17) is 11.6 Å². The van der Waals surface area contributed by atoms with E-state index < -0.39 is 17.7 Å². The predicted molar refractivity (Wildman–Crippen MR) is 89.2 cm³/mol. The van der Waals surface area contributed by atoms with E-state index in [2.05, 4.69) is 26.0 Å². The molecule has 0 saturated heterocycles. The van der Waals surface area contributed by atoms with Gasteiger partial charge in [0.25, 0.3) is 0 Å². The Morgan fingerprint density at radius 3 is 2.65 bits per heavy atom. The van der Waals surface area contributed by atoms with E-state index in [0.29, 0.717) is 15.7 Å². The van der Waals surface area contributed by atoms with Crippen LogP contribution in [-0.2, 0) is 16.0 Å². The highest BCUT2D eigenvalue weighted by Crippen LogP contribution is 2.23. The van der Waals surface area contributed by atoms with Crippen LogP contribution in [0.3, 0.4) is 0 Å². The highest BCUT2D eigenvalue weighted by molar-refractivity contribution is 9.10. The van der Waals surface area contributed by atoms with Crippen LogP contribution in [0.1, 0.15) is 15.9 Å². The third kappa shape index (κ3) is 4.30. The Balaban J connectivity index is 2.12. The minimum Gasteiger partial charge on any atom is -0.465 e. The van der Waals surface area contributed by atoms with Crippen LogP contribution in [0.4, 0.5) is 10.1 Å². The Morgan fingerprint density at radius 1 is 1.30 bits per heavy atom. The quantitative estimate of drug-likeness (QED) is 0.782. The molecule has 0 spiro atoms. The van der Waals surface area contributed by atoms with Gasteiger partial charge < -0.3 is 10.1 Å². The summed E-state index contributed by atoms with van der Waals surface area (Å²) in [5, 5.41) is 2.82. The van der Waals surface area contributed by atoms with Crippen molar-refractivity contribution in [2.75, 3.05) is 12.4 Å².